The van der Waals surface area contributed by atoms with Crippen LogP contribution in [0.5, 0.6) is 0 Å². The Morgan fingerprint density at radius 3 is 2.33 bits per heavy atom. The third-order valence-electron chi connectivity index (χ3n) is 6.78. The van der Waals surface area contributed by atoms with Gasteiger partial charge in [0.15, 0.2) is 5.78 Å². The largest absolute Gasteiger partial charge is 0.378 e. The average molecular weight is 455 g/mol. The van der Waals surface area contributed by atoms with Crippen molar-refractivity contribution >= 4 is 23.2 Å². The van der Waals surface area contributed by atoms with Crippen molar-refractivity contribution in [3.8, 4) is 0 Å². The van der Waals surface area contributed by atoms with Gasteiger partial charge >= 0.3 is 0 Å². The third kappa shape index (κ3) is 6.32. The van der Waals surface area contributed by atoms with Crippen LogP contribution < -0.4 is 0 Å². The van der Waals surface area contributed by atoms with E-state index in [1.54, 1.807) is 11.0 Å². The summed E-state index contributed by atoms with van der Waals surface area (Å²) in [7, 11) is 0. The molecule has 2 amide bonds. The van der Waals surface area contributed by atoms with Crippen LogP contribution >= 0.6 is 0 Å². The molecular formula is C27H38N2O4. The molecule has 0 unspecified atom stereocenters. The Morgan fingerprint density at radius 1 is 1.09 bits per heavy atom. The van der Waals surface area contributed by atoms with Crippen LogP contribution in [0.1, 0.15) is 58.1 Å². The molecule has 6 heteroatoms. The Bertz CT molecular complexity index is 892. The molecule has 2 fully saturated rings. The number of hydrogen-bond donors (Lipinski definition) is 0. The topological polar surface area (TPSA) is 66.9 Å². The number of allylic oxidation sites excluding steroid dienone is 2. The molecule has 1 aromatic carbocycles. The van der Waals surface area contributed by atoms with Crippen LogP contribution in [0.3, 0.4) is 0 Å². The molecule has 6 nitrogen and oxygen atoms in total. The molecule has 2 aliphatic rings. The summed E-state index contributed by atoms with van der Waals surface area (Å²) in [4.78, 5) is 43.4. The van der Waals surface area contributed by atoms with E-state index in [4.69, 9.17) is 4.74 Å². The predicted molar refractivity (Wildman–Crippen MR) is 130 cm³/mol. The van der Waals surface area contributed by atoms with Crippen molar-refractivity contribution < 1.29 is 19.1 Å². The minimum Gasteiger partial charge on any atom is -0.378 e. The highest BCUT2D eigenvalue weighted by Crippen LogP contribution is 2.34. The van der Waals surface area contributed by atoms with E-state index in [1.807, 2.05) is 63.8 Å². The van der Waals surface area contributed by atoms with Gasteiger partial charge in [0.25, 0.3) is 0 Å². The Balaban J connectivity index is 1.74. The van der Waals surface area contributed by atoms with Gasteiger partial charge in [0.2, 0.25) is 11.8 Å². The fraction of sp³-hybridized carbons (Fsp3) is 0.593. The summed E-state index contributed by atoms with van der Waals surface area (Å²) in [6.07, 6.45) is 3.28. The monoisotopic (exact) mass is 454 g/mol. The second-order valence-electron chi connectivity index (χ2n) is 10.4. The first-order chi connectivity index (χ1) is 15.6. The molecule has 2 heterocycles. The number of carbonyl (C=O) groups excluding carboxylic acids is 3. The Morgan fingerprint density at radius 2 is 1.73 bits per heavy atom. The minimum absolute atomic E-state index is 0.0123. The predicted octanol–water partition coefficient (Wildman–Crippen LogP) is 3.87. The Hall–Kier alpha value is -2.47. The number of amides is 2. The van der Waals surface area contributed by atoms with Gasteiger partial charge in [-0.05, 0) is 49.3 Å². The van der Waals surface area contributed by atoms with E-state index in [0.717, 1.165) is 17.6 Å². The quantitative estimate of drug-likeness (QED) is 0.612. The molecular weight excluding hydrogens is 416 g/mol. The summed E-state index contributed by atoms with van der Waals surface area (Å²) < 4.78 is 5.37. The third-order valence-corrected chi connectivity index (χ3v) is 6.78. The van der Waals surface area contributed by atoms with Gasteiger partial charge in [0, 0.05) is 26.1 Å². The smallest absolute Gasteiger partial charge is 0.245 e. The first-order valence-corrected chi connectivity index (χ1v) is 12.0. The number of hydrogen-bond acceptors (Lipinski definition) is 4. The van der Waals surface area contributed by atoms with Crippen LogP contribution in [-0.4, -0.2) is 66.3 Å². The lowest BCUT2D eigenvalue weighted by Crippen LogP contribution is -2.53. The van der Waals surface area contributed by atoms with Crippen LogP contribution in [0.2, 0.25) is 0 Å². The van der Waals surface area contributed by atoms with Crippen molar-refractivity contribution in [1.29, 1.82) is 0 Å². The van der Waals surface area contributed by atoms with Crippen LogP contribution in [0.15, 0.2) is 30.3 Å². The molecule has 2 atom stereocenters. The number of ether oxygens (including phenoxy) is 1. The molecule has 0 radical (unpaired) electrons. The van der Waals surface area contributed by atoms with Crippen LogP contribution in [0.25, 0.3) is 5.57 Å². The second-order valence-corrected chi connectivity index (χ2v) is 10.4. The molecule has 180 valence electrons. The van der Waals surface area contributed by atoms with Crippen molar-refractivity contribution in [2.75, 3.05) is 32.8 Å². The normalized spacial score (nSPS) is 20.6. The van der Waals surface area contributed by atoms with Gasteiger partial charge in [-0.3, -0.25) is 14.4 Å². The fourth-order valence-corrected chi connectivity index (χ4v) is 4.65. The van der Waals surface area contributed by atoms with E-state index >= 15 is 0 Å². The summed E-state index contributed by atoms with van der Waals surface area (Å²) in [5.74, 6) is -0.610. The fourth-order valence-electron chi connectivity index (χ4n) is 4.65. The summed E-state index contributed by atoms with van der Waals surface area (Å²) in [5.41, 5.74) is 2.67. The van der Waals surface area contributed by atoms with Crippen molar-refractivity contribution in [2.45, 2.75) is 59.9 Å². The summed E-state index contributed by atoms with van der Waals surface area (Å²) >= 11 is 0. The maximum Gasteiger partial charge on any atom is 0.245 e. The first kappa shape index (κ1) is 25.2. The van der Waals surface area contributed by atoms with Gasteiger partial charge in [-0.15, -0.1) is 0 Å². The number of rotatable bonds is 6. The van der Waals surface area contributed by atoms with Gasteiger partial charge in [0.1, 0.15) is 6.04 Å². The number of morpholine rings is 1. The van der Waals surface area contributed by atoms with E-state index in [1.165, 1.54) is 5.56 Å². The number of carbonyl (C=O) groups is 3. The van der Waals surface area contributed by atoms with Gasteiger partial charge in [-0.25, -0.2) is 0 Å². The van der Waals surface area contributed by atoms with Gasteiger partial charge in [0.05, 0.1) is 19.1 Å². The lowest BCUT2D eigenvalue weighted by Gasteiger charge is -2.37. The molecule has 2 aliphatic heterocycles. The van der Waals surface area contributed by atoms with Crippen LogP contribution in [0.4, 0.5) is 0 Å². The Labute approximate surface area is 198 Å². The van der Waals surface area contributed by atoms with Crippen LogP contribution in [-0.2, 0) is 19.1 Å². The summed E-state index contributed by atoms with van der Waals surface area (Å²) in [6.45, 7) is 12.7. The Kier molecular flexibility index (Phi) is 8.11. The summed E-state index contributed by atoms with van der Waals surface area (Å²) in [5, 5.41) is 0. The number of aryl methyl sites for hydroxylation is 1. The van der Waals surface area contributed by atoms with Crippen molar-refractivity contribution in [3.05, 3.63) is 41.5 Å². The maximum atomic E-state index is 13.7. The minimum atomic E-state index is -0.481. The number of likely N-dealkylation sites (tertiary alicyclic amines) is 1. The molecule has 0 spiro atoms. The molecule has 0 saturated carbocycles. The van der Waals surface area contributed by atoms with Crippen molar-refractivity contribution in [3.63, 3.8) is 0 Å². The lowest BCUT2D eigenvalue weighted by molar-refractivity contribution is -0.150. The standard InChI is InChI=1S/C27H38N2O4/c1-19-8-10-21(11-9-19)20(2)17-22(30)18-23(27(3,4)5)25(31)29-12-6-7-24(29)26(32)28-13-15-33-16-14-28/h8-11,17,23-24H,6-7,12-16,18H2,1-5H3/b20-17+/t23-,24+/m1/s1. The van der Waals surface area contributed by atoms with E-state index in [2.05, 4.69) is 0 Å². The first-order valence-electron chi connectivity index (χ1n) is 12.0. The summed E-state index contributed by atoms with van der Waals surface area (Å²) in [6, 6.07) is 7.63. The van der Waals surface area contributed by atoms with Crippen molar-refractivity contribution in [1.82, 2.24) is 9.80 Å². The zero-order chi connectivity index (χ0) is 24.2. The highest BCUT2D eigenvalue weighted by atomic mass is 16.5. The van der Waals surface area contributed by atoms with Gasteiger partial charge < -0.3 is 14.5 Å². The van der Waals surface area contributed by atoms with E-state index in [0.29, 0.717) is 39.3 Å². The number of benzene rings is 1. The SMILES string of the molecule is C/C(=C\C(=O)C[C@H](C(=O)N1CCC[C@H]1C(=O)N1CCOCC1)C(C)(C)C)c1ccc(C)cc1. The number of ketones is 1. The highest BCUT2D eigenvalue weighted by Gasteiger charge is 2.42. The lowest BCUT2D eigenvalue weighted by atomic mass is 9.76. The second kappa shape index (κ2) is 10.6. The van der Waals surface area contributed by atoms with Gasteiger partial charge in [-0.1, -0.05) is 50.6 Å². The molecule has 0 aliphatic carbocycles. The molecule has 3 rings (SSSR count). The molecule has 1 aromatic rings. The molecule has 2 saturated heterocycles. The van der Waals surface area contributed by atoms with E-state index in [-0.39, 0.29) is 24.0 Å². The maximum absolute atomic E-state index is 13.7. The molecule has 0 N–H and O–H groups in total. The van der Waals surface area contributed by atoms with E-state index < -0.39 is 17.4 Å². The van der Waals surface area contributed by atoms with Crippen molar-refractivity contribution in [2.24, 2.45) is 11.3 Å². The highest BCUT2D eigenvalue weighted by molar-refractivity contribution is 5.99. The number of nitrogens with zero attached hydrogens (tertiary/aromatic N) is 2. The zero-order valence-electron chi connectivity index (χ0n) is 20.7. The van der Waals surface area contributed by atoms with Gasteiger partial charge in [-0.2, -0.15) is 0 Å². The van der Waals surface area contributed by atoms with E-state index in [9.17, 15) is 14.4 Å². The molecule has 0 bridgehead atoms. The molecule has 33 heavy (non-hydrogen) atoms. The average Bonchev–Trinajstić information content (AvgIpc) is 3.26. The van der Waals surface area contributed by atoms with Crippen LogP contribution in [0, 0.1) is 18.3 Å². The zero-order valence-corrected chi connectivity index (χ0v) is 20.7. The molecule has 0 aromatic heterocycles.